The number of hydrogen-bond acceptors (Lipinski definition) is 4. The number of fused-ring (bicyclic) bond motifs is 1. The van der Waals surface area contributed by atoms with Crippen molar-refractivity contribution in [1.29, 1.82) is 0 Å². The van der Waals surface area contributed by atoms with E-state index in [0.29, 0.717) is 0 Å². The Bertz CT molecular complexity index is 536. The van der Waals surface area contributed by atoms with E-state index in [1.807, 2.05) is 32.3 Å². The number of nitrogens with zero attached hydrogens (tertiary/aromatic N) is 3. The average Bonchev–Trinajstić information content (AvgIpc) is 2.75. The molecule has 20 heavy (non-hydrogen) atoms. The molecule has 110 valence electrons. The Labute approximate surface area is 120 Å². The van der Waals surface area contributed by atoms with Crippen molar-refractivity contribution in [1.82, 2.24) is 19.8 Å². The number of imidazole rings is 1. The van der Waals surface area contributed by atoms with E-state index in [0.717, 1.165) is 44.2 Å². The molecule has 5 heteroatoms. The summed E-state index contributed by atoms with van der Waals surface area (Å²) in [6.07, 6.45) is 0. The Balaban J connectivity index is 1.72. The highest BCUT2D eigenvalue weighted by Gasteiger charge is 2.05. The lowest BCUT2D eigenvalue weighted by Gasteiger charge is -2.10. The number of ether oxygens (including phenoxy) is 1. The molecule has 2 rings (SSSR count). The van der Waals surface area contributed by atoms with Crippen molar-refractivity contribution in [2.75, 3.05) is 40.4 Å². The first-order chi connectivity index (χ1) is 9.68. The summed E-state index contributed by atoms with van der Waals surface area (Å²) < 4.78 is 7.67. The number of benzene rings is 1. The molecule has 0 amide bonds. The van der Waals surface area contributed by atoms with Crippen LogP contribution >= 0.6 is 0 Å². The minimum atomic E-state index is 0.734. The van der Waals surface area contributed by atoms with Crippen molar-refractivity contribution in [3.63, 3.8) is 0 Å². The maximum atomic E-state index is 5.54. The van der Waals surface area contributed by atoms with Crippen LogP contribution in [0.5, 0.6) is 0 Å². The zero-order chi connectivity index (χ0) is 14.4. The van der Waals surface area contributed by atoms with Crippen LogP contribution in [0.2, 0.25) is 0 Å². The molecular weight excluding hydrogens is 252 g/mol. The second kappa shape index (κ2) is 7.38. The molecule has 0 aliphatic heterocycles. The summed E-state index contributed by atoms with van der Waals surface area (Å²) in [6.45, 7) is 4.09. The lowest BCUT2D eigenvalue weighted by Crippen LogP contribution is -2.23. The largest absolute Gasteiger partial charge is 0.379 e. The average molecular weight is 276 g/mol. The first-order valence-electron chi connectivity index (χ1n) is 7.02. The van der Waals surface area contributed by atoms with Crippen LogP contribution in [-0.4, -0.2) is 54.8 Å². The van der Waals surface area contributed by atoms with Crippen LogP contribution in [0, 0.1) is 0 Å². The second-order valence-electron chi connectivity index (χ2n) is 5.17. The number of para-hydroxylation sites is 2. The van der Waals surface area contributed by atoms with E-state index in [9.17, 15) is 0 Å². The van der Waals surface area contributed by atoms with Gasteiger partial charge in [0.15, 0.2) is 0 Å². The van der Waals surface area contributed by atoms with Crippen LogP contribution in [0.4, 0.5) is 0 Å². The first-order valence-corrected chi connectivity index (χ1v) is 7.02. The Morgan fingerprint density at radius 3 is 2.80 bits per heavy atom. The Morgan fingerprint density at radius 1 is 1.25 bits per heavy atom. The molecule has 1 N–H and O–H groups in total. The van der Waals surface area contributed by atoms with Gasteiger partial charge in [-0.1, -0.05) is 12.1 Å². The van der Waals surface area contributed by atoms with Gasteiger partial charge in [-0.05, 0) is 26.2 Å². The van der Waals surface area contributed by atoms with Crippen LogP contribution in [0.15, 0.2) is 24.3 Å². The van der Waals surface area contributed by atoms with E-state index >= 15 is 0 Å². The van der Waals surface area contributed by atoms with Gasteiger partial charge in [-0.25, -0.2) is 4.98 Å². The maximum Gasteiger partial charge on any atom is 0.123 e. The quantitative estimate of drug-likeness (QED) is 0.737. The normalized spacial score (nSPS) is 11.6. The zero-order valence-corrected chi connectivity index (χ0v) is 12.6. The highest BCUT2D eigenvalue weighted by Crippen LogP contribution is 2.13. The van der Waals surface area contributed by atoms with Gasteiger partial charge >= 0.3 is 0 Å². The third-order valence-electron chi connectivity index (χ3n) is 3.27. The molecular formula is C15H24N4O. The molecule has 0 saturated heterocycles. The number of hydrogen-bond donors (Lipinski definition) is 1. The summed E-state index contributed by atoms with van der Waals surface area (Å²) in [5, 5.41) is 3.37. The third kappa shape index (κ3) is 4.03. The number of nitrogens with one attached hydrogen (secondary N) is 1. The van der Waals surface area contributed by atoms with Crippen LogP contribution in [0.25, 0.3) is 11.0 Å². The Kier molecular flexibility index (Phi) is 5.52. The number of aromatic nitrogens is 2. The summed E-state index contributed by atoms with van der Waals surface area (Å²) >= 11 is 0. The second-order valence-corrected chi connectivity index (χ2v) is 5.17. The van der Waals surface area contributed by atoms with Gasteiger partial charge in [0.2, 0.25) is 0 Å². The standard InChI is InChI=1S/C15H24N4O/c1-18(2)9-11-20-10-8-16-12-15-17-13-6-4-5-7-14(13)19(15)3/h4-7,16H,8-12H2,1-3H3. The summed E-state index contributed by atoms with van der Waals surface area (Å²) in [7, 11) is 6.15. The third-order valence-corrected chi connectivity index (χ3v) is 3.27. The number of rotatable bonds is 8. The fraction of sp³-hybridized carbons (Fsp3) is 0.533. The summed E-state index contributed by atoms with van der Waals surface area (Å²) in [5.74, 6) is 1.06. The molecule has 0 bridgehead atoms. The van der Waals surface area contributed by atoms with Crippen molar-refractivity contribution in [2.24, 2.45) is 7.05 Å². The summed E-state index contributed by atoms with van der Waals surface area (Å²) in [4.78, 5) is 6.74. The monoisotopic (exact) mass is 276 g/mol. The molecule has 1 heterocycles. The van der Waals surface area contributed by atoms with E-state index in [4.69, 9.17) is 4.74 Å². The van der Waals surface area contributed by atoms with Crippen LogP contribution < -0.4 is 5.32 Å². The van der Waals surface area contributed by atoms with E-state index in [1.165, 1.54) is 5.52 Å². The topological polar surface area (TPSA) is 42.3 Å². The van der Waals surface area contributed by atoms with Crippen molar-refractivity contribution in [3.05, 3.63) is 30.1 Å². The predicted octanol–water partition coefficient (Wildman–Crippen LogP) is 1.24. The molecule has 0 unspecified atom stereocenters. The Morgan fingerprint density at radius 2 is 2.05 bits per heavy atom. The lowest BCUT2D eigenvalue weighted by molar-refractivity contribution is 0.119. The smallest absolute Gasteiger partial charge is 0.123 e. The lowest BCUT2D eigenvalue weighted by atomic mass is 10.3. The van der Waals surface area contributed by atoms with Gasteiger partial charge in [0.25, 0.3) is 0 Å². The Hall–Kier alpha value is -1.43. The first kappa shape index (κ1) is 15.0. The molecule has 0 fully saturated rings. The van der Waals surface area contributed by atoms with E-state index in [-0.39, 0.29) is 0 Å². The van der Waals surface area contributed by atoms with Gasteiger partial charge in [-0.3, -0.25) is 0 Å². The van der Waals surface area contributed by atoms with Gasteiger partial charge in [0.05, 0.1) is 30.8 Å². The molecule has 2 aromatic rings. The fourth-order valence-corrected chi connectivity index (χ4v) is 2.05. The van der Waals surface area contributed by atoms with Crippen LogP contribution in [0.1, 0.15) is 5.82 Å². The molecule has 0 aliphatic rings. The van der Waals surface area contributed by atoms with Gasteiger partial charge in [0.1, 0.15) is 5.82 Å². The molecule has 0 radical (unpaired) electrons. The summed E-state index contributed by atoms with van der Waals surface area (Å²) in [5.41, 5.74) is 2.22. The molecule has 1 aromatic heterocycles. The minimum absolute atomic E-state index is 0.734. The number of likely N-dealkylation sites (N-methyl/N-ethyl adjacent to an activating group) is 1. The predicted molar refractivity (Wildman–Crippen MR) is 81.8 cm³/mol. The van der Waals surface area contributed by atoms with Gasteiger partial charge in [-0.2, -0.15) is 0 Å². The van der Waals surface area contributed by atoms with E-state index < -0.39 is 0 Å². The van der Waals surface area contributed by atoms with Gasteiger partial charge in [0, 0.05) is 20.1 Å². The highest BCUT2D eigenvalue weighted by atomic mass is 16.5. The molecule has 0 atom stereocenters. The van der Waals surface area contributed by atoms with Crippen LogP contribution in [0.3, 0.4) is 0 Å². The minimum Gasteiger partial charge on any atom is -0.379 e. The van der Waals surface area contributed by atoms with Gasteiger partial charge in [-0.15, -0.1) is 0 Å². The zero-order valence-electron chi connectivity index (χ0n) is 12.6. The molecule has 0 aliphatic carbocycles. The maximum absolute atomic E-state index is 5.54. The van der Waals surface area contributed by atoms with Crippen LogP contribution in [-0.2, 0) is 18.3 Å². The van der Waals surface area contributed by atoms with Crippen molar-refractivity contribution < 1.29 is 4.74 Å². The molecule has 1 aromatic carbocycles. The van der Waals surface area contributed by atoms with Crippen molar-refractivity contribution in [3.8, 4) is 0 Å². The van der Waals surface area contributed by atoms with Crippen molar-refractivity contribution in [2.45, 2.75) is 6.54 Å². The van der Waals surface area contributed by atoms with Crippen molar-refractivity contribution >= 4 is 11.0 Å². The molecule has 5 nitrogen and oxygen atoms in total. The van der Waals surface area contributed by atoms with Gasteiger partial charge < -0.3 is 19.5 Å². The van der Waals surface area contributed by atoms with E-state index in [2.05, 4.69) is 32.9 Å². The molecule has 0 saturated carbocycles. The fourth-order valence-electron chi connectivity index (χ4n) is 2.05. The molecule has 0 spiro atoms. The summed E-state index contributed by atoms with van der Waals surface area (Å²) in [6, 6.07) is 8.20. The van der Waals surface area contributed by atoms with E-state index in [1.54, 1.807) is 0 Å². The SMILES string of the molecule is CN(C)CCOCCNCc1nc2ccccc2n1C. The highest BCUT2D eigenvalue weighted by molar-refractivity contribution is 5.75. The number of aryl methyl sites for hydroxylation is 1.